The molecule has 0 bridgehead atoms. The molecule has 5 heteroatoms. The average molecular weight is 309 g/mol. The zero-order chi connectivity index (χ0) is 14.7. The topological polar surface area (TPSA) is 41.6 Å². The minimum Gasteiger partial charge on any atom is -0.482 e. The second-order valence-electron chi connectivity index (χ2n) is 5.77. The zero-order valence-electron chi connectivity index (χ0n) is 12.1. The highest BCUT2D eigenvalue weighted by Gasteiger charge is 2.20. The highest BCUT2D eigenvalue weighted by molar-refractivity contribution is 6.21. The minimum atomic E-state index is -0.113. The average Bonchev–Trinajstić information content (AvgIpc) is 2.75. The van der Waals surface area contributed by atoms with Gasteiger partial charge in [-0.3, -0.25) is 4.79 Å². The van der Waals surface area contributed by atoms with Gasteiger partial charge in [0.25, 0.3) is 5.91 Å². The second-order valence-corrected chi connectivity index (χ2v) is 6.30. The van der Waals surface area contributed by atoms with Gasteiger partial charge in [-0.05, 0) is 43.6 Å². The van der Waals surface area contributed by atoms with Crippen molar-refractivity contribution >= 4 is 23.2 Å². The van der Waals surface area contributed by atoms with E-state index in [4.69, 9.17) is 16.3 Å². The van der Waals surface area contributed by atoms with E-state index in [2.05, 4.69) is 10.2 Å². The van der Waals surface area contributed by atoms with E-state index in [1.165, 1.54) is 25.7 Å². The Balaban J connectivity index is 1.68. The summed E-state index contributed by atoms with van der Waals surface area (Å²) in [6.45, 7) is 3.21. The van der Waals surface area contributed by atoms with E-state index < -0.39 is 0 Å². The van der Waals surface area contributed by atoms with Crippen LogP contribution < -0.4 is 10.1 Å². The number of anilines is 1. The Labute approximate surface area is 130 Å². The van der Waals surface area contributed by atoms with Crippen LogP contribution in [-0.4, -0.2) is 37.0 Å². The number of hydrogen-bond acceptors (Lipinski definition) is 3. The molecule has 0 spiro atoms. The lowest BCUT2D eigenvalue weighted by atomic mass is 10.1. The number of alkyl halides is 1. The van der Waals surface area contributed by atoms with E-state index in [9.17, 15) is 4.79 Å². The third kappa shape index (κ3) is 3.69. The largest absolute Gasteiger partial charge is 0.482 e. The van der Waals surface area contributed by atoms with Crippen LogP contribution in [0.5, 0.6) is 5.75 Å². The van der Waals surface area contributed by atoms with Gasteiger partial charge in [-0.1, -0.05) is 18.9 Å². The second kappa shape index (κ2) is 6.67. The van der Waals surface area contributed by atoms with Crippen LogP contribution in [0, 0.1) is 0 Å². The Hall–Kier alpha value is -1.26. The molecule has 2 aliphatic heterocycles. The normalized spacial score (nSPS) is 20.9. The number of carbonyl (C=O) groups is 1. The first-order valence-corrected chi connectivity index (χ1v) is 8.09. The number of nitrogens with one attached hydrogen (secondary N) is 1. The van der Waals surface area contributed by atoms with Gasteiger partial charge in [0.15, 0.2) is 6.61 Å². The molecular formula is C16H21ClN2O2. The van der Waals surface area contributed by atoms with E-state index in [1.807, 2.05) is 18.2 Å². The number of fused-ring (bicyclic) bond motifs is 1. The third-order valence-corrected chi connectivity index (χ3v) is 4.51. The maximum atomic E-state index is 11.4. The Kier molecular flexibility index (Phi) is 4.66. The van der Waals surface area contributed by atoms with Gasteiger partial charge in [-0.25, -0.2) is 0 Å². The monoisotopic (exact) mass is 308 g/mol. The molecule has 1 atom stereocenters. The molecule has 1 aromatic rings. The molecule has 1 N–H and O–H groups in total. The van der Waals surface area contributed by atoms with E-state index in [0.29, 0.717) is 0 Å². The number of amides is 1. The molecule has 0 aliphatic carbocycles. The van der Waals surface area contributed by atoms with Gasteiger partial charge >= 0.3 is 0 Å². The quantitative estimate of drug-likeness (QED) is 0.872. The number of halogens is 1. The first-order chi connectivity index (χ1) is 10.2. The van der Waals surface area contributed by atoms with Crippen molar-refractivity contribution < 1.29 is 9.53 Å². The Morgan fingerprint density at radius 1 is 1.24 bits per heavy atom. The number of hydrogen-bond donors (Lipinski definition) is 1. The van der Waals surface area contributed by atoms with E-state index in [1.54, 1.807) is 0 Å². The van der Waals surface area contributed by atoms with E-state index in [0.717, 1.165) is 36.6 Å². The molecule has 1 unspecified atom stereocenters. The van der Waals surface area contributed by atoms with Gasteiger partial charge in [0.1, 0.15) is 5.75 Å². The summed E-state index contributed by atoms with van der Waals surface area (Å²) in [5.41, 5.74) is 1.76. The number of carbonyl (C=O) groups excluding carboxylic acids is 1. The van der Waals surface area contributed by atoms with Crippen LogP contribution >= 0.6 is 11.6 Å². The summed E-state index contributed by atoms with van der Waals surface area (Å²) in [5.74, 6) is 0.607. The molecule has 2 aliphatic rings. The van der Waals surface area contributed by atoms with Crippen LogP contribution in [0.1, 0.15) is 36.6 Å². The Morgan fingerprint density at radius 3 is 2.76 bits per heavy atom. The van der Waals surface area contributed by atoms with Gasteiger partial charge < -0.3 is 15.0 Å². The number of rotatable bonds is 3. The van der Waals surface area contributed by atoms with Crippen LogP contribution in [0.25, 0.3) is 0 Å². The van der Waals surface area contributed by atoms with Crippen LogP contribution in [0.15, 0.2) is 18.2 Å². The molecule has 0 aromatic heterocycles. The SMILES string of the molecule is O=C1COc2ccc(C(Cl)CN3CCCCCC3)cc2N1. The van der Waals surface area contributed by atoms with Crippen LogP contribution in [0.3, 0.4) is 0 Å². The van der Waals surface area contributed by atoms with Crippen LogP contribution in [0.4, 0.5) is 5.69 Å². The highest BCUT2D eigenvalue weighted by Crippen LogP contribution is 2.33. The third-order valence-electron chi connectivity index (χ3n) is 4.12. The summed E-state index contributed by atoms with van der Waals surface area (Å²) in [6, 6.07) is 5.82. The summed E-state index contributed by atoms with van der Waals surface area (Å²) in [6.07, 6.45) is 5.17. The van der Waals surface area contributed by atoms with Crippen molar-refractivity contribution in [3.8, 4) is 5.75 Å². The molecule has 1 amide bonds. The fraction of sp³-hybridized carbons (Fsp3) is 0.562. The van der Waals surface area contributed by atoms with Crippen LogP contribution in [-0.2, 0) is 4.79 Å². The van der Waals surface area contributed by atoms with Gasteiger partial charge in [-0.2, -0.15) is 0 Å². The molecule has 21 heavy (non-hydrogen) atoms. The highest BCUT2D eigenvalue weighted by atomic mass is 35.5. The van der Waals surface area contributed by atoms with Gasteiger partial charge in [0.05, 0.1) is 11.1 Å². The molecule has 4 nitrogen and oxygen atoms in total. The van der Waals surface area contributed by atoms with Crippen molar-refractivity contribution in [1.82, 2.24) is 4.90 Å². The lowest BCUT2D eigenvalue weighted by molar-refractivity contribution is -0.118. The molecule has 2 heterocycles. The fourth-order valence-corrected chi connectivity index (χ4v) is 3.28. The maximum absolute atomic E-state index is 11.4. The van der Waals surface area contributed by atoms with Gasteiger partial charge in [-0.15, -0.1) is 11.6 Å². The fourth-order valence-electron chi connectivity index (χ4n) is 2.95. The smallest absolute Gasteiger partial charge is 0.262 e. The van der Waals surface area contributed by atoms with Gasteiger partial charge in [0.2, 0.25) is 0 Å². The Morgan fingerprint density at radius 2 is 2.00 bits per heavy atom. The maximum Gasteiger partial charge on any atom is 0.262 e. The molecule has 1 aromatic carbocycles. The first-order valence-electron chi connectivity index (χ1n) is 7.65. The standard InChI is InChI=1S/C16H21ClN2O2/c17-13(10-19-7-3-1-2-4-8-19)12-5-6-15-14(9-12)18-16(20)11-21-15/h5-6,9,13H,1-4,7-8,10-11H2,(H,18,20). The lowest BCUT2D eigenvalue weighted by Gasteiger charge is -2.24. The zero-order valence-corrected chi connectivity index (χ0v) is 12.9. The van der Waals surface area contributed by atoms with Crippen molar-refractivity contribution in [2.45, 2.75) is 31.1 Å². The molecule has 1 saturated heterocycles. The predicted octanol–water partition coefficient (Wildman–Crippen LogP) is 3.17. The summed E-state index contributed by atoms with van der Waals surface area (Å²) in [7, 11) is 0. The first kappa shape index (κ1) is 14.7. The van der Waals surface area contributed by atoms with Crippen LogP contribution in [0.2, 0.25) is 0 Å². The van der Waals surface area contributed by atoms with Crippen molar-refractivity contribution in [3.63, 3.8) is 0 Å². The summed E-state index contributed by atoms with van der Waals surface area (Å²) in [4.78, 5) is 13.8. The predicted molar refractivity (Wildman–Crippen MR) is 84.1 cm³/mol. The number of ether oxygens (including phenoxy) is 1. The van der Waals surface area contributed by atoms with E-state index >= 15 is 0 Å². The van der Waals surface area contributed by atoms with E-state index in [-0.39, 0.29) is 17.9 Å². The molecule has 114 valence electrons. The lowest BCUT2D eigenvalue weighted by Crippen LogP contribution is -2.28. The molecule has 3 rings (SSSR count). The van der Waals surface area contributed by atoms with Crippen molar-refractivity contribution in [2.24, 2.45) is 0 Å². The van der Waals surface area contributed by atoms with Crippen molar-refractivity contribution in [2.75, 3.05) is 31.6 Å². The Bertz CT molecular complexity index is 513. The van der Waals surface area contributed by atoms with Crippen molar-refractivity contribution in [1.29, 1.82) is 0 Å². The summed E-state index contributed by atoms with van der Waals surface area (Å²) >= 11 is 6.58. The van der Waals surface area contributed by atoms with Crippen molar-refractivity contribution in [3.05, 3.63) is 23.8 Å². The number of benzene rings is 1. The summed E-state index contributed by atoms with van der Waals surface area (Å²) in [5, 5.41) is 2.77. The number of likely N-dealkylation sites (tertiary alicyclic amines) is 1. The molecule has 1 fully saturated rings. The molecular weight excluding hydrogens is 288 g/mol. The number of nitrogens with zero attached hydrogens (tertiary/aromatic N) is 1. The minimum absolute atomic E-state index is 0.0628. The summed E-state index contributed by atoms with van der Waals surface area (Å²) < 4.78 is 5.37. The molecule has 0 saturated carbocycles. The van der Waals surface area contributed by atoms with Gasteiger partial charge in [0, 0.05) is 6.54 Å². The molecule has 0 radical (unpaired) electrons.